The van der Waals surface area contributed by atoms with Crippen LogP contribution in [0, 0.1) is 11.6 Å². The molecule has 0 radical (unpaired) electrons. The predicted octanol–water partition coefficient (Wildman–Crippen LogP) is 4.19. The van der Waals surface area contributed by atoms with Crippen molar-refractivity contribution >= 4 is 45.1 Å². The molecule has 2 amide bonds. The highest BCUT2D eigenvalue weighted by molar-refractivity contribution is 8.00. The Balaban J connectivity index is 1.43. The van der Waals surface area contributed by atoms with E-state index in [1.54, 1.807) is 12.1 Å². The van der Waals surface area contributed by atoms with Gasteiger partial charge in [-0.25, -0.2) is 18.7 Å². The van der Waals surface area contributed by atoms with Gasteiger partial charge in [0, 0.05) is 16.5 Å². The third-order valence-electron chi connectivity index (χ3n) is 4.25. The monoisotopic (exact) mass is 456 g/mol. The lowest BCUT2D eigenvalue weighted by Gasteiger charge is -2.08. The van der Waals surface area contributed by atoms with Crippen molar-refractivity contribution in [3.8, 4) is 11.1 Å². The summed E-state index contributed by atoms with van der Waals surface area (Å²) in [6, 6.07) is 11.1. The Labute approximate surface area is 183 Å². The number of carbonyl (C=O) groups is 2. The Morgan fingerprint density at radius 1 is 0.935 bits per heavy atom. The number of nitrogens with one attached hydrogen (secondary N) is 2. The second-order valence-electron chi connectivity index (χ2n) is 6.31. The molecule has 2 aromatic heterocycles. The summed E-state index contributed by atoms with van der Waals surface area (Å²) in [4.78, 5) is 33.5. The van der Waals surface area contributed by atoms with Crippen LogP contribution in [-0.4, -0.2) is 27.5 Å². The molecule has 6 nitrogen and oxygen atoms in total. The van der Waals surface area contributed by atoms with Crippen LogP contribution < -0.4 is 10.9 Å². The van der Waals surface area contributed by atoms with Crippen molar-refractivity contribution in [3.63, 3.8) is 0 Å². The van der Waals surface area contributed by atoms with Crippen molar-refractivity contribution in [2.45, 2.75) is 5.03 Å². The summed E-state index contributed by atoms with van der Waals surface area (Å²) >= 11 is 2.62. The van der Waals surface area contributed by atoms with Gasteiger partial charge >= 0.3 is 0 Å². The number of hydrogen-bond donors (Lipinski definition) is 2. The number of thioether (sulfide) groups is 1. The highest BCUT2D eigenvalue weighted by Crippen LogP contribution is 2.37. The first-order chi connectivity index (χ1) is 15.0. The minimum absolute atomic E-state index is 0.00544. The molecule has 10 heteroatoms. The molecule has 156 valence electrons. The summed E-state index contributed by atoms with van der Waals surface area (Å²) < 4.78 is 26.2. The normalized spacial score (nSPS) is 10.8. The molecule has 0 saturated heterocycles. The first-order valence-electron chi connectivity index (χ1n) is 8.97. The molecule has 0 fully saturated rings. The summed E-state index contributed by atoms with van der Waals surface area (Å²) in [6.07, 6.45) is 1.42. The fraction of sp³-hybridized carbons (Fsp3) is 0.0476. The van der Waals surface area contributed by atoms with Crippen LogP contribution in [0.4, 0.5) is 8.78 Å². The number of amides is 2. The molecular formula is C21H14F2N4O2S2. The summed E-state index contributed by atoms with van der Waals surface area (Å²) in [5, 5.41) is 3.30. The van der Waals surface area contributed by atoms with E-state index in [1.165, 1.54) is 53.7 Å². The lowest BCUT2D eigenvalue weighted by molar-refractivity contribution is -0.119. The van der Waals surface area contributed by atoms with Crippen LogP contribution in [0.5, 0.6) is 0 Å². The average molecular weight is 456 g/mol. The Morgan fingerprint density at radius 2 is 1.61 bits per heavy atom. The summed E-state index contributed by atoms with van der Waals surface area (Å²) in [5.41, 5.74) is 6.50. The van der Waals surface area contributed by atoms with Gasteiger partial charge in [0.15, 0.2) is 0 Å². The maximum absolute atomic E-state index is 13.3. The number of aromatic nitrogens is 2. The number of thiophene rings is 1. The van der Waals surface area contributed by atoms with Crippen molar-refractivity contribution in [1.29, 1.82) is 0 Å². The van der Waals surface area contributed by atoms with Gasteiger partial charge in [-0.2, -0.15) is 0 Å². The molecule has 2 N–H and O–H groups in total. The molecule has 0 aliphatic carbocycles. The molecule has 0 bridgehead atoms. The number of hydrogen-bond acceptors (Lipinski definition) is 6. The number of rotatable bonds is 5. The Bertz CT molecular complexity index is 1240. The molecule has 2 aromatic carbocycles. The molecule has 0 aliphatic rings. The largest absolute Gasteiger partial charge is 0.272 e. The average Bonchev–Trinajstić information content (AvgIpc) is 3.22. The van der Waals surface area contributed by atoms with Gasteiger partial charge in [0.25, 0.3) is 5.91 Å². The third-order valence-corrected chi connectivity index (χ3v) is 6.13. The van der Waals surface area contributed by atoms with E-state index in [9.17, 15) is 18.4 Å². The zero-order chi connectivity index (χ0) is 21.8. The maximum atomic E-state index is 13.3. The van der Waals surface area contributed by atoms with E-state index in [2.05, 4.69) is 20.8 Å². The predicted molar refractivity (Wildman–Crippen MR) is 116 cm³/mol. The summed E-state index contributed by atoms with van der Waals surface area (Å²) in [7, 11) is 0. The molecule has 0 aliphatic heterocycles. The van der Waals surface area contributed by atoms with Crippen LogP contribution in [0.1, 0.15) is 10.4 Å². The van der Waals surface area contributed by atoms with Crippen LogP contribution >= 0.6 is 23.1 Å². The summed E-state index contributed by atoms with van der Waals surface area (Å²) in [5.74, 6) is -1.78. The maximum Gasteiger partial charge on any atom is 0.269 e. The van der Waals surface area contributed by atoms with Gasteiger partial charge in [-0.1, -0.05) is 23.9 Å². The minimum Gasteiger partial charge on any atom is -0.272 e. The van der Waals surface area contributed by atoms with Crippen LogP contribution in [0.25, 0.3) is 21.3 Å². The van der Waals surface area contributed by atoms with E-state index in [-0.39, 0.29) is 17.1 Å². The lowest BCUT2D eigenvalue weighted by atomic mass is 10.1. The van der Waals surface area contributed by atoms with Crippen LogP contribution in [0.15, 0.2) is 65.3 Å². The first-order valence-corrected chi connectivity index (χ1v) is 10.8. The van der Waals surface area contributed by atoms with Gasteiger partial charge in [0.2, 0.25) is 5.91 Å². The zero-order valence-corrected chi connectivity index (χ0v) is 17.4. The smallest absolute Gasteiger partial charge is 0.269 e. The van der Waals surface area contributed by atoms with Crippen molar-refractivity contribution in [1.82, 2.24) is 20.8 Å². The summed E-state index contributed by atoms with van der Waals surface area (Å²) in [6.45, 7) is 0. The molecule has 0 spiro atoms. The van der Waals surface area contributed by atoms with E-state index >= 15 is 0 Å². The molecule has 31 heavy (non-hydrogen) atoms. The SMILES string of the molecule is O=C(CSc1ncnc2scc(-c3ccc(F)cc3)c12)NNC(=O)c1ccc(F)cc1. The molecule has 2 heterocycles. The van der Waals surface area contributed by atoms with E-state index < -0.39 is 17.6 Å². The number of fused-ring (bicyclic) bond motifs is 1. The van der Waals surface area contributed by atoms with Crippen LogP contribution in [0.2, 0.25) is 0 Å². The Morgan fingerprint density at radius 3 is 2.32 bits per heavy atom. The third kappa shape index (κ3) is 4.86. The Hall–Kier alpha value is -3.37. The van der Waals surface area contributed by atoms with Gasteiger partial charge in [0.05, 0.1) is 11.1 Å². The Kier molecular flexibility index (Phi) is 6.19. The zero-order valence-electron chi connectivity index (χ0n) is 15.8. The highest BCUT2D eigenvalue weighted by atomic mass is 32.2. The van der Waals surface area contributed by atoms with Crippen molar-refractivity contribution in [2.24, 2.45) is 0 Å². The van der Waals surface area contributed by atoms with Crippen molar-refractivity contribution in [3.05, 3.63) is 77.4 Å². The number of benzene rings is 2. The number of nitrogens with zero attached hydrogens (tertiary/aromatic N) is 2. The van der Waals surface area contributed by atoms with Crippen LogP contribution in [-0.2, 0) is 4.79 Å². The lowest BCUT2D eigenvalue weighted by Crippen LogP contribution is -2.42. The van der Waals surface area contributed by atoms with Gasteiger partial charge in [-0.05, 0) is 42.0 Å². The van der Waals surface area contributed by atoms with Crippen LogP contribution in [0.3, 0.4) is 0 Å². The van der Waals surface area contributed by atoms with Gasteiger partial charge in [0.1, 0.15) is 27.8 Å². The number of hydrazine groups is 1. The molecule has 0 unspecified atom stereocenters. The molecular weight excluding hydrogens is 442 g/mol. The van der Waals surface area contributed by atoms with Gasteiger partial charge in [-0.3, -0.25) is 20.4 Å². The van der Waals surface area contributed by atoms with Gasteiger partial charge in [-0.15, -0.1) is 11.3 Å². The molecule has 4 rings (SSSR count). The van der Waals surface area contributed by atoms with Crippen molar-refractivity contribution in [2.75, 3.05) is 5.75 Å². The second-order valence-corrected chi connectivity index (χ2v) is 8.14. The standard InChI is InChI=1S/C21H14F2N4O2S2/c22-14-5-1-12(2-6-14)16-9-30-20-18(16)21(25-11-24-20)31-10-17(28)26-27-19(29)13-3-7-15(23)8-4-13/h1-9,11H,10H2,(H,26,28)(H,27,29). The van der Waals surface area contributed by atoms with E-state index in [4.69, 9.17) is 0 Å². The van der Waals surface area contributed by atoms with Crippen molar-refractivity contribution < 1.29 is 18.4 Å². The fourth-order valence-electron chi connectivity index (χ4n) is 2.77. The quantitative estimate of drug-likeness (QED) is 0.267. The second kappa shape index (κ2) is 9.19. The number of halogens is 2. The minimum atomic E-state index is -0.556. The van der Waals surface area contributed by atoms with E-state index in [1.807, 2.05) is 5.38 Å². The number of carbonyl (C=O) groups excluding carboxylic acids is 2. The molecule has 0 atom stereocenters. The van der Waals surface area contributed by atoms with E-state index in [0.717, 1.165) is 33.5 Å². The molecule has 4 aromatic rings. The first kappa shape index (κ1) is 20.9. The topological polar surface area (TPSA) is 84.0 Å². The van der Waals surface area contributed by atoms with Gasteiger partial charge < -0.3 is 0 Å². The highest BCUT2D eigenvalue weighted by Gasteiger charge is 2.15. The van der Waals surface area contributed by atoms with E-state index in [0.29, 0.717) is 5.03 Å². The fourth-order valence-corrected chi connectivity index (χ4v) is 4.56. The molecule has 0 saturated carbocycles.